The fraction of sp³-hybridized carbons (Fsp3) is 0.208. The molecule has 1 N–H and O–H groups in total. The van der Waals surface area contributed by atoms with Gasteiger partial charge in [0.15, 0.2) is 5.65 Å². The van der Waals surface area contributed by atoms with E-state index in [1.807, 2.05) is 18.2 Å². The van der Waals surface area contributed by atoms with Crippen LogP contribution in [0.3, 0.4) is 0 Å². The molecule has 1 aliphatic heterocycles. The van der Waals surface area contributed by atoms with Crippen molar-refractivity contribution < 1.29 is 0 Å². The summed E-state index contributed by atoms with van der Waals surface area (Å²) in [5.41, 5.74) is 6.19. The molecule has 0 bridgehead atoms. The van der Waals surface area contributed by atoms with Crippen LogP contribution in [-0.4, -0.2) is 67.7 Å². The van der Waals surface area contributed by atoms with Gasteiger partial charge in [0.2, 0.25) is 5.95 Å². The first-order valence-electron chi connectivity index (χ1n) is 11.0. The molecule has 2 aromatic carbocycles. The molecular formula is C24H23N9. The van der Waals surface area contributed by atoms with Crippen LogP contribution in [-0.2, 0) is 0 Å². The maximum Gasteiger partial charge on any atom is 0.247 e. The Kier molecular flexibility index (Phi) is 4.80. The Hall–Kier alpha value is -4.11. The molecule has 164 valence electrons. The van der Waals surface area contributed by atoms with E-state index in [1.54, 1.807) is 29.3 Å². The second-order valence-corrected chi connectivity index (χ2v) is 8.20. The normalized spacial score (nSPS) is 14.8. The van der Waals surface area contributed by atoms with Gasteiger partial charge in [-0.25, -0.2) is 4.52 Å². The lowest BCUT2D eigenvalue weighted by molar-refractivity contribution is 0.313. The predicted octanol–water partition coefficient (Wildman–Crippen LogP) is 3.23. The highest BCUT2D eigenvalue weighted by atomic mass is 15.4. The van der Waals surface area contributed by atoms with Crippen molar-refractivity contribution in [2.45, 2.75) is 0 Å². The molecule has 0 aliphatic carbocycles. The van der Waals surface area contributed by atoms with Gasteiger partial charge < -0.3 is 15.1 Å². The zero-order chi connectivity index (χ0) is 22.2. The number of hydrogen-bond acceptors (Lipinski definition) is 8. The SMILES string of the molecule is CN1CCN(c2ccc(Nc3nc4c(-c5ccc6nccnc6c5)nccn4n3)cc2)CC1. The molecular weight excluding hydrogens is 414 g/mol. The summed E-state index contributed by atoms with van der Waals surface area (Å²) in [5.74, 6) is 0.525. The monoisotopic (exact) mass is 437 g/mol. The van der Waals surface area contributed by atoms with Gasteiger partial charge in [-0.15, -0.1) is 5.10 Å². The van der Waals surface area contributed by atoms with Crippen molar-refractivity contribution in [1.82, 2.24) is 34.4 Å². The molecule has 1 fully saturated rings. The van der Waals surface area contributed by atoms with Crippen LogP contribution in [0.25, 0.3) is 27.9 Å². The van der Waals surface area contributed by atoms with Crippen molar-refractivity contribution in [3.63, 3.8) is 0 Å². The van der Waals surface area contributed by atoms with Crippen molar-refractivity contribution in [2.75, 3.05) is 43.4 Å². The Bertz CT molecular complexity index is 1420. The highest BCUT2D eigenvalue weighted by Crippen LogP contribution is 2.26. The van der Waals surface area contributed by atoms with Gasteiger partial charge in [0.1, 0.15) is 5.69 Å². The summed E-state index contributed by atoms with van der Waals surface area (Å²) in [5, 5.41) is 7.91. The molecule has 4 heterocycles. The Balaban J connectivity index is 1.26. The molecule has 9 nitrogen and oxygen atoms in total. The summed E-state index contributed by atoms with van der Waals surface area (Å²) in [4.78, 5) is 22.8. The molecule has 0 unspecified atom stereocenters. The topological polar surface area (TPSA) is 87.4 Å². The van der Waals surface area contributed by atoms with E-state index in [9.17, 15) is 0 Å². The van der Waals surface area contributed by atoms with Crippen LogP contribution >= 0.6 is 0 Å². The maximum atomic E-state index is 4.71. The van der Waals surface area contributed by atoms with Crippen molar-refractivity contribution in [3.05, 3.63) is 67.3 Å². The molecule has 5 aromatic rings. The van der Waals surface area contributed by atoms with Crippen molar-refractivity contribution in [1.29, 1.82) is 0 Å². The number of likely N-dealkylation sites (N-methyl/N-ethyl adjacent to an activating group) is 1. The number of rotatable bonds is 4. The third-order valence-electron chi connectivity index (χ3n) is 5.99. The van der Waals surface area contributed by atoms with Crippen molar-refractivity contribution in [3.8, 4) is 11.3 Å². The van der Waals surface area contributed by atoms with Gasteiger partial charge in [0, 0.05) is 67.9 Å². The lowest BCUT2D eigenvalue weighted by Crippen LogP contribution is -2.44. The van der Waals surface area contributed by atoms with E-state index in [4.69, 9.17) is 4.98 Å². The standard InChI is InChI=1S/C24H23N9/c1-31-12-14-32(15-13-31)19-5-3-18(4-6-19)28-24-29-23-22(27-10-11-33(23)30-24)17-2-7-20-21(16-17)26-9-8-25-20/h2-11,16H,12-15H2,1H3,(H,28,30). The van der Waals surface area contributed by atoms with Crippen LogP contribution in [0.4, 0.5) is 17.3 Å². The number of nitrogens with zero attached hydrogens (tertiary/aromatic N) is 8. The third-order valence-corrected chi connectivity index (χ3v) is 5.99. The van der Waals surface area contributed by atoms with Gasteiger partial charge in [-0.2, -0.15) is 4.98 Å². The molecule has 9 heteroatoms. The number of benzene rings is 2. The van der Waals surface area contributed by atoms with Crippen LogP contribution in [0.1, 0.15) is 0 Å². The van der Waals surface area contributed by atoms with Crippen LogP contribution in [0, 0.1) is 0 Å². The molecule has 1 aliphatic rings. The summed E-state index contributed by atoms with van der Waals surface area (Å²) < 4.78 is 1.74. The Morgan fingerprint density at radius 2 is 1.61 bits per heavy atom. The average Bonchev–Trinajstić information content (AvgIpc) is 3.27. The number of aromatic nitrogens is 6. The van der Waals surface area contributed by atoms with E-state index >= 15 is 0 Å². The average molecular weight is 438 g/mol. The number of piperazine rings is 1. The second-order valence-electron chi connectivity index (χ2n) is 8.20. The minimum atomic E-state index is 0.525. The van der Waals surface area contributed by atoms with E-state index in [-0.39, 0.29) is 0 Å². The fourth-order valence-electron chi connectivity index (χ4n) is 4.13. The summed E-state index contributed by atoms with van der Waals surface area (Å²) >= 11 is 0. The quantitative estimate of drug-likeness (QED) is 0.459. The zero-order valence-electron chi connectivity index (χ0n) is 18.3. The van der Waals surface area contributed by atoms with E-state index < -0.39 is 0 Å². The predicted molar refractivity (Wildman–Crippen MR) is 129 cm³/mol. The fourth-order valence-corrected chi connectivity index (χ4v) is 4.13. The van der Waals surface area contributed by atoms with Crippen LogP contribution in [0.5, 0.6) is 0 Å². The lowest BCUT2D eigenvalue weighted by Gasteiger charge is -2.34. The highest BCUT2D eigenvalue weighted by Gasteiger charge is 2.15. The summed E-state index contributed by atoms with van der Waals surface area (Å²) in [6, 6.07) is 14.3. The number of hydrogen-bond donors (Lipinski definition) is 1. The van der Waals surface area contributed by atoms with Crippen LogP contribution < -0.4 is 10.2 Å². The Morgan fingerprint density at radius 3 is 2.42 bits per heavy atom. The smallest absolute Gasteiger partial charge is 0.247 e. The molecule has 0 radical (unpaired) electrons. The summed E-state index contributed by atoms with van der Waals surface area (Å²) in [7, 11) is 2.17. The van der Waals surface area contributed by atoms with Gasteiger partial charge in [0.25, 0.3) is 0 Å². The lowest BCUT2D eigenvalue weighted by atomic mass is 10.1. The van der Waals surface area contributed by atoms with E-state index in [1.165, 1.54) is 5.69 Å². The molecule has 6 rings (SSSR count). The first kappa shape index (κ1) is 19.6. The van der Waals surface area contributed by atoms with Gasteiger partial charge in [-0.3, -0.25) is 15.0 Å². The largest absolute Gasteiger partial charge is 0.369 e. The minimum Gasteiger partial charge on any atom is -0.369 e. The molecule has 0 atom stereocenters. The van der Waals surface area contributed by atoms with E-state index in [0.717, 1.165) is 54.2 Å². The molecule has 33 heavy (non-hydrogen) atoms. The zero-order valence-corrected chi connectivity index (χ0v) is 18.3. The van der Waals surface area contributed by atoms with Gasteiger partial charge in [-0.1, -0.05) is 6.07 Å². The van der Waals surface area contributed by atoms with Gasteiger partial charge in [-0.05, 0) is 43.4 Å². The minimum absolute atomic E-state index is 0.525. The first-order chi connectivity index (χ1) is 16.2. The Morgan fingerprint density at radius 1 is 0.818 bits per heavy atom. The highest BCUT2D eigenvalue weighted by molar-refractivity contribution is 5.84. The van der Waals surface area contributed by atoms with Crippen LogP contribution in [0.2, 0.25) is 0 Å². The van der Waals surface area contributed by atoms with Gasteiger partial charge >= 0.3 is 0 Å². The number of nitrogens with one attached hydrogen (secondary N) is 1. The molecule has 1 saturated heterocycles. The summed E-state index contributed by atoms with van der Waals surface area (Å²) in [6.45, 7) is 4.28. The maximum absolute atomic E-state index is 4.71. The first-order valence-corrected chi connectivity index (χ1v) is 11.0. The van der Waals surface area contributed by atoms with E-state index in [2.05, 4.69) is 66.5 Å². The third kappa shape index (κ3) is 3.83. The summed E-state index contributed by atoms with van der Waals surface area (Å²) in [6.07, 6.45) is 6.91. The number of fused-ring (bicyclic) bond motifs is 2. The van der Waals surface area contributed by atoms with Crippen molar-refractivity contribution in [2.24, 2.45) is 0 Å². The van der Waals surface area contributed by atoms with Crippen LogP contribution in [0.15, 0.2) is 67.3 Å². The molecule has 0 saturated carbocycles. The van der Waals surface area contributed by atoms with Crippen molar-refractivity contribution >= 4 is 34.0 Å². The van der Waals surface area contributed by atoms with Gasteiger partial charge in [0.05, 0.1) is 11.0 Å². The second kappa shape index (κ2) is 8.10. The number of anilines is 3. The molecule has 0 spiro atoms. The Labute approximate surface area is 190 Å². The van der Waals surface area contributed by atoms with E-state index in [0.29, 0.717) is 11.6 Å². The molecule has 3 aromatic heterocycles. The molecule has 0 amide bonds.